The molecule has 0 aliphatic rings. The van der Waals surface area contributed by atoms with E-state index in [2.05, 4.69) is 20.3 Å². The van der Waals surface area contributed by atoms with Crippen molar-refractivity contribution in [1.29, 1.82) is 0 Å². The third-order valence-corrected chi connectivity index (χ3v) is 8.49. The van der Waals surface area contributed by atoms with Crippen molar-refractivity contribution in [3.8, 4) is 0 Å². The number of unbranched alkanes of at least 4 members (excludes halogenated alkanes) is 1. The van der Waals surface area contributed by atoms with Gasteiger partial charge >= 0.3 is 6.09 Å². The SMILES string of the molecule is CSc1nc(N)c2ncn(CCCCOC(=O)NCc3ccc(S(=O)(=O)N(C)c4ccc(Cl)cc4)cc3)c2n1. The molecule has 0 spiro atoms. The second-order valence-electron chi connectivity index (χ2n) is 8.50. The maximum absolute atomic E-state index is 12.9. The fraction of sp³-hybridized carbons (Fsp3) is 0.280. The first-order valence-corrected chi connectivity index (χ1v) is 15.0. The monoisotopic (exact) mass is 589 g/mol. The van der Waals surface area contributed by atoms with Gasteiger partial charge in [-0.15, -0.1) is 0 Å². The quantitative estimate of drug-likeness (QED) is 0.148. The number of nitrogens with one attached hydrogen (secondary N) is 1. The van der Waals surface area contributed by atoms with Crippen molar-refractivity contribution in [1.82, 2.24) is 24.8 Å². The van der Waals surface area contributed by atoms with Gasteiger partial charge < -0.3 is 20.4 Å². The number of thioether (sulfide) groups is 1. The molecule has 2 heterocycles. The maximum Gasteiger partial charge on any atom is 0.407 e. The number of carbonyl (C=O) groups is 1. The zero-order valence-corrected chi connectivity index (χ0v) is 23.8. The number of aryl methyl sites for hydroxylation is 1. The molecule has 11 nitrogen and oxygen atoms in total. The van der Waals surface area contributed by atoms with Crippen LogP contribution in [0.5, 0.6) is 0 Å². The van der Waals surface area contributed by atoms with E-state index in [4.69, 9.17) is 22.1 Å². The van der Waals surface area contributed by atoms with E-state index >= 15 is 0 Å². The fourth-order valence-corrected chi connectivity index (χ4v) is 5.39. The smallest absolute Gasteiger partial charge is 0.407 e. The Labute approximate surface area is 235 Å². The number of fused-ring (bicyclic) bond motifs is 1. The van der Waals surface area contributed by atoms with Crippen LogP contribution in [0.15, 0.2) is 64.9 Å². The maximum atomic E-state index is 12.9. The summed E-state index contributed by atoms with van der Waals surface area (Å²) in [5.74, 6) is 0.352. The van der Waals surface area contributed by atoms with Crippen LogP contribution in [0.1, 0.15) is 18.4 Å². The van der Waals surface area contributed by atoms with Gasteiger partial charge in [0.2, 0.25) is 0 Å². The van der Waals surface area contributed by atoms with Crippen LogP contribution in [-0.4, -0.2) is 53.9 Å². The van der Waals surface area contributed by atoms with Crippen molar-refractivity contribution in [2.24, 2.45) is 0 Å². The van der Waals surface area contributed by atoms with E-state index in [0.29, 0.717) is 45.8 Å². The van der Waals surface area contributed by atoms with Crippen LogP contribution < -0.4 is 15.4 Å². The average Bonchev–Trinajstić information content (AvgIpc) is 3.35. The van der Waals surface area contributed by atoms with E-state index in [1.807, 2.05) is 10.8 Å². The first-order chi connectivity index (χ1) is 18.7. The van der Waals surface area contributed by atoms with E-state index in [1.165, 1.54) is 35.2 Å². The Morgan fingerprint density at radius 1 is 1.13 bits per heavy atom. The van der Waals surface area contributed by atoms with E-state index in [0.717, 1.165) is 12.0 Å². The second kappa shape index (κ2) is 12.5. The summed E-state index contributed by atoms with van der Waals surface area (Å²) in [5, 5.41) is 3.79. The number of carbonyl (C=O) groups excluding carboxylic acids is 1. The molecular weight excluding hydrogens is 562 g/mol. The van der Waals surface area contributed by atoms with Crippen LogP contribution >= 0.6 is 23.4 Å². The normalized spacial score (nSPS) is 11.5. The molecule has 0 saturated heterocycles. The van der Waals surface area contributed by atoms with E-state index in [1.54, 1.807) is 42.7 Å². The number of alkyl carbamates (subject to hydrolysis) is 1. The van der Waals surface area contributed by atoms with Gasteiger partial charge in [-0.2, -0.15) is 0 Å². The molecular formula is C25H28ClN7O4S2. The number of benzene rings is 2. The Hall–Kier alpha value is -3.55. The van der Waals surface area contributed by atoms with Crippen LogP contribution in [0.2, 0.25) is 5.02 Å². The summed E-state index contributed by atoms with van der Waals surface area (Å²) in [6.45, 7) is 1.10. The molecule has 4 rings (SSSR count). The zero-order chi connectivity index (χ0) is 28.0. The molecule has 206 valence electrons. The highest BCUT2D eigenvalue weighted by Gasteiger charge is 2.21. The van der Waals surface area contributed by atoms with Gasteiger partial charge in [-0.1, -0.05) is 35.5 Å². The Morgan fingerprint density at radius 3 is 2.54 bits per heavy atom. The van der Waals surface area contributed by atoms with Gasteiger partial charge in [-0.3, -0.25) is 4.31 Å². The van der Waals surface area contributed by atoms with Gasteiger partial charge in [-0.05, 0) is 61.1 Å². The number of hydrogen-bond acceptors (Lipinski definition) is 9. The zero-order valence-electron chi connectivity index (χ0n) is 21.4. The molecule has 2 aromatic carbocycles. The average molecular weight is 590 g/mol. The van der Waals surface area contributed by atoms with Crippen molar-refractivity contribution >= 4 is 62.1 Å². The lowest BCUT2D eigenvalue weighted by Crippen LogP contribution is -2.26. The molecule has 0 radical (unpaired) electrons. The number of anilines is 2. The standard InChI is InChI=1S/C25H28ClN7O4S2/c1-32(19-9-7-18(26)8-10-19)39(35,36)20-11-5-17(6-12-20)15-28-25(34)37-14-4-3-13-33-16-29-21-22(27)30-24(38-2)31-23(21)33/h5-12,16H,3-4,13-15H2,1-2H3,(H,28,34)(H2,27,30,31). The van der Waals surface area contributed by atoms with Crippen molar-refractivity contribution in [2.45, 2.75) is 36.0 Å². The first-order valence-electron chi connectivity index (χ1n) is 12.0. The minimum absolute atomic E-state index is 0.135. The molecule has 0 atom stereocenters. The molecule has 4 aromatic rings. The number of aromatic nitrogens is 4. The first kappa shape index (κ1) is 28.5. The Bertz CT molecular complexity index is 1550. The summed E-state index contributed by atoms with van der Waals surface area (Å²) >= 11 is 7.30. The van der Waals surface area contributed by atoms with Crippen LogP contribution in [-0.2, 0) is 27.8 Å². The van der Waals surface area contributed by atoms with Crippen molar-refractivity contribution in [3.05, 3.63) is 65.4 Å². The third-order valence-electron chi connectivity index (χ3n) is 5.89. The molecule has 3 N–H and O–H groups in total. The van der Waals surface area contributed by atoms with Crippen LogP contribution in [0.4, 0.5) is 16.3 Å². The van der Waals surface area contributed by atoms with E-state index < -0.39 is 16.1 Å². The van der Waals surface area contributed by atoms with Gasteiger partial charge in [0.25, 0.3) is 10.0 Å². The molecule has 1 amide bonds. The molecule has 0 aliphatic carbocycles. The predicted octanol–water partition coefficient (Wildman–Crippen LogP) is 4.32. The van der Waals surface area contributed by atoms with Crippen LogP contribution in [0.25, 0.3) is 11.2 Å². The molecule has 0 fully saturated rings. The number of sulfonamides is 1. The summed E-state index contributed by atoms with van der Waals surface area (Å²) in [7, 11) is -2.27. The number of nitrogen functional groups attached to an aromatic ring is 1. The highest BCUT2D eigenvalue weighted by Crippen LogP contribution is 2.24. The third kappa shape index (κ3) is 6.91. The molecule has 39 heavy (non-hydrogen) atoms. The molecule has 14 heteroatoms. The fourth-order valence-electron chi connectivity index (χ4n) is 3.70. The van der Waals surface area contributed by atoms with Gasteiger partial charge in [0.15, 0.2) is 16.6 Å². The van der Waals surface area contributed by atoms with Gasteiger partial charge in [0.05, 0.1) is 23.5 Å². The Morgan fingerprint density at radius 2 is 1.85 bits per heavy atom. The lowest BCUT2D eigenvalue weighted by molar-refractivity contribution is 0.143. The van der Waals surface area contributed by atoms with Gasteiger partial charge in [0, 0.05) is 25.2 Å². The number of rotatable bonds is 11. The number of halogens is 1. The number of ether oxygens (including phenoxy) is 1. The second-order valence-corrected chi connectivity index (χ2v) is 11.7. The van der Waals surface area contributed by atoms with Crippen molar-refractivity contribution in [3.63, 3.8) is 0 Å². The van der Waals surface area contributed by atoms with Crippen LogP contribution in [0, 0.1) is 0 Å². The molecule has 0 bridgehead atoms. The summed E-state index contributed by atoms with van der Waals surface area (Å²) in [5.41, 5.74) is 8.44. The molecule has 0 saturated carbocycles. The van der Waals surface area contributed by atoms with Gasteiger partial charge in [-0.25, -0.2) is 28.2 Å². The highest BCUT2D eigenvalue weighted by atomic mass is 35.5. The van der Waals surface area contributed by atoms with E-state index in [-0.39, 0.29) is 18.0 Å². The topological polar surface area (TPSA) is 145 Å². The van der Waals surface area contributed by atoms with Crippen molar-refractivity contribution in [2.75, 3.05) is 29.9 Å². The Kier molecular flexibility index (Phi) is 9.15. The van der Waals surface area contributed by atoms with E-state index in [9.17, 15) is 13.2 Å². The molecule has 0 aliphatic heterocycles. The molecule has 0 unspecified atom stereocenters. The van der Waals surface area contributed by atoms with Crippen molar-refractivity contribution < 1.29 is 17.9 Å². The number of nitrogens with zero attached hydrogens (tertiary/aromatic N) is 5. The predicted molar refractivity (Wildman–Crippen MR) is 152 cm³/mol. The number of amides is 1. The number of imidazole rings is 1. The highest BCUT2D eigenvalue weighted by molar-refractivity contribution is 7.98. The van der Waals surface area contributed by atoms with Gasteiger partial charge in [0.1, 0.15) is 5.52 Å². The minimum atomic E-state index is -3.75. The summed E-state index contributed by atoms with van der Waals surface area (Å²) < 4.78 is 34.2. The largest absolute Gasteiger partial charge is 0.450 e. The number of hydrogen-bond donors (Lipinski definition) is 2. The minimum Gasteiger partial charge on any atom is -0.450 e. The van der Waals surface area contributed by atoms with Crippen LogP contribution in [0.3, 0.4) is 0 Å². The molecule has 2 aromatic heterocycles. The summed E-state index contributed by atoms with van der Waals surface area (Å²) in [4.78, 5) is 25.2. The number of nitrogens with two attached hydrogens (primary N) is 1. The Balaban J connectivity index is 1.21. The lowest BCUT2D eigenvalue weighted by Gasteiger charge is -2.19. The summed E-state index contributed by atoms with van der Waals surface area (Å²) in [6.07, 6.45) is 4.41. The summed E-state index contributed by atoms with van der Waals surface area (Å²) in [6, 6.07) is 12.8. The lowest BCUT2D eigenvalue weighted by atomic mass is 10.2.